The van der Waals surface area contributed by atoms with Gasteiger partial charge in [0.1, 0.15) is 12.6 Å². The van der Waals surface area contributed by atoms with Gasteiger partial charge in [0, 0.05) is 65.4 Å². The van der Waals surface area contributed by atoms with Crippen LogP contribution in [0.2, 0.25) is 0 Å². The molecule has 0 unspecified atom stereocenters. The van der Waals surface area contributed by atoms with Gasteiger partial charge >= 0.3 is 15.2 Å². The molecule has 4 amide bonds. The Morgan fingerprint density at radius 1 is 0.463 bits per heavy atom. The number of rotatable bonds is 24. The third kappa shape index (κ3) is 23.2. The van der Waals surface area contributed by atoms with E-state index in [9.17, 15) is 28.3 Å². The molecule has 0 aromatic heterocycles. The molecule has 0 saturated carbocycles. The smallest absolute Gasteiger partial charge is 0.349 e. The van der Waals surface area contributed by atoms with Crippen molar-refractivity contribution < 1.29 is 46.4 Å². The number of hydrogen-bond acceptors (Lipinski definition) is 14. The molecule has 20 heteroatoms. The van der Waals surface area contributed by atoms with Crippen LogP contribution in [0.4, 0.5) is 0 Å². The van der Waals surface area contributed by atoms with Gasteiger partial charge in [-0.25, -0.2) is 0 Å². The molecule has 0 bridgehead atoms. The molecule has 4 N–H and O–H groups in total. The van der Waals surface area contributed by atoms with Crippen molar-refractivity contribution in [2.45, 2.75) is 55.4 Å². The highest BCUT2D eigenvalue weighted by molar-refractivity contribution is 7.54. The zero-order valence-electron chi connectivity index (χ0n) is 34.1. The summed E-state index contributed by atoms with van der Waals surface area (Å²) in [7, 11) is -6.99. The topological polar surface area (TPSA) is 200 Å². The average molecular weight is 813 g/mol. The van der Waals surface area contributed by atoms with Crippen molar-refractivity contribution in [2.75, 3.05) is 131 Å². The van der Waals surface area contributed by atoms with Gasteiger partial charge in [0.25, 0.3) is 0 Å². The van der Waals surface area contributed by atoms with Crippen LogP contribution >= 0.6 is 15.2 Å². The van der Waals surface area contributed by atoms with Crippen molar-refractivity contribution in [1.82, 2.24) is 40.9 Å². The highest BCUT2D eigenvalue weighted by Gasteiger charge is 2.27. The van der Waals surface area contributed by atoms with Gasteiger partial charge in [0.15, 0.2) is 0 Å². The monoisotopic (exact) mass is 812 g/mol. The Balaban J connectivity index is 3.25. The molecule has 0 aromatic rings. The van der Waals surface area contributed by atoms with Crippen LogP contribution in [0.25, 0.3) is 0 Å². The molecule has 0 aliphatic carbocycles. The molecule has 1 heterocycles. The van der Waals surface area contributed by atoms with Crippen molar-refractivity contribution >= 4 is 38.8 Å². The van der Waals surface area contributed by atoms with Gasteiger partial charge in [-0.05, 0) is 39.5 Å². The fourth-order valence-electron chi connectivity index (χ4n) is 5.30. The zero-order valence-corrected chi connectivity index (χ0v) is 35.9. The zero-order chi connectivity index (χ0) is 40.6. The molecular weight excluding hydrogens is 742 g/mol. The first-order valence-corrected chi connectivity index (χ1v) is 22.7. The maximum absolute atomic E-state index is 13.2. The van der Waals surface area contributed by atoms with Gasteiger partial charge < -0.3 is 39.4 Å². The highest BCUT2D eigenvalue weighted by atomic mass is 31.2. The summed E-state index contributed by atoms with van der Waals surface area (Å²) in [5.41, 5.74) is 0. The lowest BCUT2D eigenvalue weighted by Gasteiger charge is -2.33. The Morgan fingerprint density at radius 3 is 0.889 bits per heavy atom. The van der Waals surface area contributed by atoms with Crippen LogP contribution in [0.3, 0.4) is 0 Å². The fraction of sp³-hybridized carbons (Fsp3) is 0.882. The largest absolute Gasteiger partial charge is 0.355 e. The van der Waals surface area contributed by atoms with Gasteiger partial charge in [-0.2, -0.15) is 0 Å². The molecule has 1 fully saturated rings. The molecule has 1 aliphatic rings. The predicted molar refractivity (Wildman–Crippen MR) is 209 cm³/mol. The maximum Gasteiger partial charge on any atom is 0.349 e. The van der Waals surface area contributed by atoms with Crippen LogP contribution in [0.5, 0.6) is 0 Å². The van der Waals surface area contributed by atoms with Gasteiger partial charge in [-0.15, -0.1) is 0 Å². The molecule has 316 valence electrons. The molecule has 0 atom stereocenters. The van der Waals surface area contributed by atoms with Crippen molar-refractivity contribution in [3.63, 3.8) is 0 Å². The summed E-state index contributed by atoms with van der Waals surface area (Å²) in [4.78, 5) is 60.1. The molecule has 18 nitrogen and oxygen atoms in total. The van der Waals surface area contributed by atoms with Crippen molar-refractivity contribution in [3.05, 3.63) is 0 Å². The first kappa shape index (κ1) is 50.0. The minimum Gasteiger partial charge on any atom is -0.355 e. The van der Waals surface area contributed by atoms with Crippen LogP contribution in [0.1, 0.15) is 55.4 Å². The number of nitrogens with one attached hydrogen (secondary N) is 4. The van der Waals surface area contributed by atoms with E-state index < -0.39 is 15.2 Å². The van der Waals surface area contributed by atoms with Crippen LogP contribution < -0.4 is 21.3 Å². The van der Waals surface area contributed by atoms with E-state index in [1.165, 1.54) is 0 Å². The number of carbonyl (C=O) groups excluding carboxylic acids is 4. The molecule has 1 aliphatic heterocycles. The Hall–Kier alpha value is -1.98. The quantitative estimate of drug-likeness (QED) is 0.102. The minimum atomic E-state index is -3.50. The van der Waals surface area contributed by atoms with Crippen molar-refractivity contribution in [1.29, 1.82) is 0 Å². The summed E-state index contributed by atoms with van der Waals surface area (Å²) in [6.07, 6.45) is -0.520. The van der Waals surface area contributed by atoms with E-state index in [1.54, 1.807) is 27.7 Å². The second-order valence-electron chi connectivity index (χ2n) is 13.9. The van der Waals surface area contributed by atoms with Crippen molar-refractivity contribution in [2.24, 2.45) is 11.8 Å². The number of hydrogen-bond donors (Lipinski definition) is 4. The van der Waals surface area contributed by atoms with Gasteiger partial charge in [0.05, 0.1) is 52.6 Å². The second kappa shape index (κ2) is 27.6. The lowest BCUT2D eigenvalue weighted by atomic mass is 10.2. The van der Waals surface area contributed by atoms with E-state index >= 15 is 0 Å². The standard InChI is InChI=1S/C34H70N8O10P2/c1-9-49-53(47,50-10-2)27-37-33(45)25-41-17-13-39(23-31(43)35-21-29(5)6)15-19-42(26-34(46)38-28-54(48,51-11-3)52-12-4)20-16-40(14-18-41)24-32(44)36-22-30(7)8/h29-30H,9-28H2,1-8H3,(H,35,43)(H,36,44)(H,37,45)(H,38,46). The van der Waals surface area contributed by atoms with Crippen LogP contribution in [0.15, 0.2) is 0 Å². The van der Waals surface area contributed by atoms with E-state index in [2.05, 4.69) is 21.3 Å². The summed E-state index contributed by atoms with van der Waals surface area (Å²) in [5, 5.41) is 11.3. The third-order valence-corrected chi connectivity index (χ3v) is 11.8. The molecule has 1 rings (SSSR count). The normalized spacial score (nSPS) is 16.5. The Morgan fingerprint density at radius 2 is 0.685 bits per heavy atom. The molecule has 0 aromatic carbocycles. The molecule has 0 radical (unpaired) electrons. The second-order valence-corrected chi connectivity index (χ2v) is 18.0. The van der Waals surface area contributed by atoms with E-state index in [0.29, 0.717) is 65.4 Å². The Labute approximate surface area is 323 Å². The molecule has 54 heavy (non-hydrogen) atoms. The van der Waals surface area contributed by atoms with Crippen LogP contribution in [-0.4, -0.2) is 174 Å². The van der Waals surface area contributed by atoms with E-state index in [-0.39, 0.29) is 101 Å². The predicted octanol–water partition coefficient (Wildman–Crippen LogP) is 1.43. The lowest BCUT2D eigenvalue weighted by Crippen LogP contribution is -2.51. The first-order chi connectivity index (χ1) is 25.6. The van der Waals surface area contributed by atoms with E-state index in [0.717, 1.165) is 0 Å². The SMILES string of the molecule is CCOP(=O)(CNC(=O)CN1CCN(CC(=O)NCC(C)C)CCN(CC(=O)NCP(=O)(OCC)OCC)CCN(CC(=O)NCC(C)C)CC1)OCC. The molecular formula is C34H70N8O10P2. The summed E-state index contributed by atoms with van der Waals surface area (Å²) in [5.74, 6) is -0.430. The summed E-state index contributed by atoms with van der Waals surface area (Å²) in [6, 6.07) is 0. The van der Waals surface area contributed by atoms with Gasteiger partial charge in [-0.3, -0.25) is 47.9 Å². The lowest BCUT2D eigenvalue weighted by molar-refractivity contribution is -0.124. The maximum atomic E-state index is 13.2. The Kier molecular flexibility index (Phi) is 25.6. The molecule has 1 saturated heterocycles. The molecule has 0 spiro atoms. The van der Waals surface area contributed by atoms with Crippen LogP contribution in [0, 0.1) is 11.8 Å². The fourth-order valence-corrected chi connectivity index (χ4v) is 8.12. The van der Waals surface area contributed by atoms with Crippen LogP contribution in [-0.2, 0) is 46.4 Å². The average Bonchev–Trinajstić information content (AvgIpc) is 3.09. The van der Waals surface area contributed by atoms with E-state index in [1.807, 2.05) is 47.3 Å². The number of carbonyl (C=O) groups is 4. The van der Waals surface area contributed by atoms with Gasteiger partial charge in [0.2, 0.25) is 23.6 Å². The summed E-state index contributed by atoms with van der Waals surface area (Å²) < 4.78 is 47.2. The third-order valence-electron chi connectivity index (χ3n) is 8.06. The first-order valence-electron chi connectivity index (χ1n) is 19.3. The summed E-state index contributed by atoms with van der Waals surface area (Å²) >= 11 is 0. The number of nitrogens with zero attached hydrogens (tertiary/aromatic N) is 4. The Bertz CT molecular complexity index is 1090. The van der Waals surface area contributed by atoms with Gasteiger partial charge in [-0.1, -0.05) is 27.7 Å². The van der Waals surface area contributed by atoms with E-state index in [4.69, 9.17) is 18.1 Å². The highest BCUT2D eigenvalue weighted by Crippen LogP contribution is 2.47. The van der Waals surface area contributed by atoms with Crippen molar-refractivity contribution in [3.8, 4) is 0 Å². The number of amides is 4. The summed E-state index contributed by atoms with van der Waals surface area (Å²) in [6.45, 7) is 20.2. The minimum absolute atomic E-state index is 0.0152.